The number of aryl methyl sites for hydroxylation is 1. The van der Waals surface area contributed by atoms with Crippen molar-refractivity contribution in [1.82, 2.24) is 4.98 Å². The summed E-state index contributed by atoms with van der Waals surface area (Å²) >= 11 is 5.72. The number of benzene rings is 2. The van der Waals surface area contributed by atoms with Gasteiger partial charge in [-0.15, -0.1) is 0 Å². The third-order valence-electron chi connectivity index (χ3n) is 3.76. The number of aromatic nitrogens is 1. The molecule has 0 atom stereocenters. The first kappa shape index (κ1) is 17.9. The molecule has 0 bridgehead atoms. The third-order valence-corrected chi connectivity index (χ3v) is 4.05. The Morgan fingerprint density at radius 1 is 1.31 bits per heavy atom. The quantitative estimate of drug-likeness (QED) is 0.707. The minimum Gasteiger partial charge on any atom is -0.496 e. The van der Waals surface area contributed by atoms with Gasteiger partial charge in [0, 0.05) is 5.69 Å². The van der Waals surface area contributed by atoms with Crippen molar-refractivity contribution in [2.75, 3.05) is 12.4 Å². The van der Waals surface area contributed by atoms with Crippen LogP contribution in [0.5, 0.6) is 5.75 Å². The Balaban J connectivity index is 1.77. The molecule has 1 N–H and O–H groups in total. The number of ether oxygens (including phenoxy) is 1. The number of nitrogens with one attached hydrogen (secondary N) is 1. The van der Waals surface area contributed by atoms with E-state index in [4.69, 9.17) is 20.8 Å². The van der Waals surface area contributed by atoms with Gasteiger partial charge in [0.2, 0.25) is 11.8 Å². The number of halogens is 2. The number of carbonyl (C=O) groups is 1. The highest BCUT2D eigenvalue weighted by Gasteiger charge is 2.17. The van der Waals surface area contributed by atoms with Gasteiger partial charge in [0.15, 0.2) is 0 Å². The molecule has 3 rings (SSSR count). The van der Waals surface area contributed by atoms with Gasteiger partial charge < -0.3 is 14.5 Å². The van der Waals surface area contributed by atoms with Crippen LogP contribution < -0.4 is 10.1 Å². The molecule has 2 aromatic carbocycles. The van der Waals surface area contributed by atoms with E-state index in [0.29, 0.717) is 34.3 Å². The molecule has 0 unspecified atom stereocenters. The van der Waals surface area contributed by atoms with E-state index in [2.05, 4.69) is 10.3 Å². The second-order valence-corrected chi connectivity index (χ2v) is 5.98. The van der Waals surface area contributed by atoms with Crippen molar-refractivity contribution >= 4 is 23.2 Å². The van der Waals surface area contributed by atoms with Crippen LogP contribution in [-0.4, -0.2) is 18.0 Å². The van der Waals surface area contributed by atoms with Gasteiger partial charge >= 0.3 is 0 Å². The zero-order chi connectivity index (χ0) is 18.7. The molecule has 26 heavy (non-hydrogen) atoms. The number of carbonyl (C=O) groups excluding carboxylic acids is 1. The molecular weight excluding hydrogens is 359 g/mol. The largest absolute Gasteiger partial charge is 0.496 e. The Hall–Kier alpha value is -2.86. The first-order valence-corrected chi connectivity index (χ1v) is 8.20. The van der Waals surface area contributed by atoms with E-state index >= 15 is 0 Å². The summed E-state index contributed by atoms with van der Waals surface area (Å²) in [7, 11) is 1.57. The molecule has 1 amide bonds. The number of nitrogens with zero attached hydrogens (tertiary/aromatic N) is 1. The average Bonchev–Trinajstić information content (AvgIpc) is 2.98. The Morgan fingerprint density at radius 3 is 2.81 bits per heavy atom. The van der Waals surface area contributed by atoms with Gasteiger partial charge in [0.25, 0.3) is 0 Å². The zero-order valence-corrected chi connectivity index (χ0v) is 14.9. The van der Waals surface area contributed by atoms with Gasteiger partial charge in [-0.1, -0.05) is 23.7 Å². The van der Waals surface area contributed by atoms with E-state index in [0.717, 1.165) is 0 Å². The SMILES string of the molecule is COc1ccccc1-c1nc(CC(=O)Nc2ccc(F)c(Cl)c2)c(C)o1. The first-order chi connectivity index (χ1) is 12.5. The van der Waals surface area contributed by atoms with Gasteiger partial charge in [-0.2, -0.15) is 0 Å². The smallest absolute Gasteiger partial charge is 0.230 e. The molecule has 134 valence electrons. The van der Waals surface area contributed by atoms with Crippen molar-refractivity contribution in [2.45, 2.75) is 13.3 Å². The van der Waals surface area contributed by atoms with Crippen molar-refractivity contribution in [2.24, 2.45) is 0 Å². The number of hydrogen-bond acceptors (Lipinski definition) is 4. The summed E-state index contributed by atoms with van der Waals surface area (Å²) in [6.45, 7) is 1.74. The zero-order valence-electron chi connectivity index (χ0n) is 14.2. The molecule has 0 saturated heterocycles. The molecule has 1 heterocycles. The minimum absolute atomic E-state index is 0.0134. The molecule has 3 aromatic rings. The molecule has 0 spiro atoms. The number of amides is 1. The summed E-state index contributed by atoms with van der Waals surface area (Å²) < 4.78 is 24.2. The third kappa shape index (κ3) is 3.86. The maximum Gasteiger partial charge on any atom is 0.230 e. The molecule has 0 aliphatic heterocycles. The highest BCUT2D eigenvalue weighted by Crippen LogP contribution is 2.30. The topological polar surface area (TPSA) is 64.4 Å². The molecule has 0 radical (unpaired) electrons. The maximum absolute atomic E-state index is 13.2. The lowest BCUT2D eigenvalue weighted by Gasteiger charge is -2.05. The fraction of sp³-hybridized carbons (Fsp3) is 0.158. The standard InChI is InChI=1S/C19H16ClFN2O3/c1-11-16(10-18(24)22-12-7-8-15(21)14(20)9-12)23-19(26-11)13-5-3-4-6-17(13)25-2/h3-9H,10H2,1-2H3,(H,22,24). The van der Waals surface area contributed by atoms with E-state index in [1.807, 2.05) is 18.2 Å². The van der Waals surface area contributed by atoms with Crippen molar-refractivity contribution in [3.05, 3.63) is 64.8 Å². The van der Waals surface area contributed by atoms with Crippen LogP contribution in [0.1, 0.15) is 11.5 Å². The second-order valence-electron chi connectivity index (χ2n) is 5.58. The molecule has 1 aromatic heterocycles. The number of hydrogen-bond donors (Lipinski definition) is 1. The molecule has 0 aliphatic rings. The fourth-order valence-electron chi connectivity index (χ4n) is 2.46. The normalized spacial score (nSPS) is 10.6. The summed E-state index contributed by atoms with van der Waals surface area (Å²) in [6, 6.07) is 11.3. The lowest BCUT2D eigenvalue weighted by atomic mass is 10.2. The highest BCUT2D eigenvalue weighted by molar-refractivity contribution is 6.31. The van der Waals surface area contributed by atoms with Gasteiger partial charge in [-0.3, -0.25) is 4.79 Å². The predicted octanol–water partition coefficient (Wildman–Crippen LogP) is 4.63. The fourth-order valence-corrected chi connectivity index (χ4v) is 2.64. The number of oxazole rings is 1. The number of para-hydroxylation sites is 1. The molecule has 0 saturated carbocycles. The molecule has 7 heteroatoms. The monoisotopic (exact) mass is 374 g/mol. The van der Waals surface area contributed by atoms with E-state index in [-0.39, 0.29) is 17.4 Å². The number of rotatable bonds is 5. The van der Waals surface area contributed by atoms with Crippen molar-refractivity contribution in [3.8, 4) is 17.2 Å². The summed E-state index contributed by atoms with van der Waals surface area (Å²) in [5.74, 6) is 0.700. The van der Waals surface area contributed by atoms with Crippen LogP contribution in [0.15, 0.2) is 46.9 Å². The molecular formula is C19H16ClFN2O3. The second kappa shape index (κ2) is 7.58. The van der Waals surface area contributed by atoms with Crippen LogP contribution in [0.2, 0.25) is 5.02 Å². The molecule has 0 fully saturated rings. The Labute approximate surface area is 154 Å². The van der Waals surface area contributed by atoms with E-state index in [9.17, 15) is 9.18 Å². The molecule has 0 aliphatic carbocycles. The van der Waals surface area contributed by atoms with Crippen LogP contribution in [0.3, 0.4) is 0 Å². The number of methoxy groups -OCH3 is 1. The van der Waals surface area contributed by atoms with Crippen LogP contribution in [0.4, 0.5) is 10.1 Å². The van der Waals surface area contributed by atoms with Gasteiger partial charge in [0.1, 0.15) is 17.3 Å². The Morgan fingerprint density at radius 2 is 2.08 bits per heavy atom. The maximum atomic E-state index is 13.2. The van der Waals surface area contributed by atoms with E-state index < -0.39 is 5.82 Å². The highest BCUT2D eigenvalue weighted by atomic mass is 35.5. The van der Waals surface area contributed by atoms with Crippen LogP contribution in [-0.2, 0) is 11.2 Å². The van der Waals surface area contributed by atoms with Crippen LogP contribution in [0, 0.1) is 12.7 Å². The van der Waals surface area contributed by atoms with Crippen LogP contribution in [0.25, 0.3) is 11.5 Å². The van der Waals surface area contributed by atoms with E-state index in [1.54, 1.807) is 20.1 Å². The summed E-state index contributed by atoms with van der Waals surface area (Å²) in [4.78, 5) is 16.7. The number of anilines is 1. The van der Waals surface area contributed by atoms with Crippen molar-refractivity contribution < 1.29 is 18.3 Å². The lowest BCUT2D eigenvalue weighted by molar-refractivity contribution is -0.115. The van der Waals surface area contributed by atoms with Gasteiger partial charge in [-0.25, -0.2) is 9.37 Å². The van der Waals surface area contributed by atoms with E-state index in [1.165, 1.54) is 18.2 Å². The summed E-state index contributed by atoms with van der Waals surface area (Å²) in [5, 5.41) is 2.60. The molecule has 5 nitrogen and oxygen atoms in total. The van der Waals surface area contributed by atoms with Gasteiger partial charge in [-0.05, 0) is 37.3 Å². The van der Waals surface area contributed by atoms with Crippen LogP contribution >= 0.6 is 11.6 Å². The van der Waals surface area contributed by atoms with Crippen molar-refractivity contribution in [3.63, 3.8) is 0 Å². The predicted molar refractivity (Wildman–Crippen MR) is 97.0 cm³/mol. The lowest BCUT2D eigenvalue weighted by Crippen LogP contribution is -2.15. The Kier molecular flexibility index (Phi) is 5.23. The average molecular weight is 375 g/mol. The summed E-state index contributed by atoms with van der Waals surface area (Å²) in [6.07, 6.45) is 0.0134. The first-order valence-electron chi connectivity index (χ1n) is 7.82. The Bertz CT molecular complexity index is 956. The summed E-state index contributed by atoms with van der Waals surface area (Å²) in [5.41, 5.74) is 1.62. The van der Waals surface area contributed by atoms with Crippen molar-refractivity contribution in [1.29, 1.82) is 0 Å². The van der Waals surface area contributed by atoms with Gasteiger partial charge in [0.05, 0.1) is 29.8 Å². The minimum atomic E-state index is -0.543.